The molecular weight excluding hydrogens is 407 g/mol. The first-order chi connectivity index (χ1) is 13.6. The van der Waals surface area contributed by atoms with Crippen LogP contribution < -0.4 is 5.32 Å². The molecule has 0 bridgehead atoms. The summed E-state index contributed by atoms with van der Waals surface area (Å²) in [6.45, 7) is 9.79. The molecule has 0 aliphatic rings. The van der Waals surface area contributed by atoms with Crippen molar-refractivity contribution >= 4 is 35.0 Å². The fraction of sp³-hybridized carbons (Fsp3) is 0.391. The third-order valence-electron chi connectivity index (χ3n) is 4.78. The van der Waals surface area contributed by atoms with E-state index in [4.69, 9.17) is 23.2 Å². The van der Waals surface area contributed by atoms with Gasteiger partial charge in [-0.3, -0.25) is 9.59 Å². The summed E-state index contributed by atoms with van der Waals surface area (Å²) in [5.74, 6) is -0.300. The topological polar surface area (TPSA) is 49.4 Å². The van der Waals surface area contributed by atoms with Crippen molar-refractivity contribution in [2.24, 2.45) is 0 Å². The summed E-state index contributed by atoms with van der Waals surface area (Å²) in [5.41, 5.74) is 3.93. The number of nitrogens with one attached hydrogen (secondary N) is 1. The zero-order valence-corrected chi connectivity index (χ0v) is 19.1. The molecule has 2 rings (SSSR count). The average molecular weight is 435 g/mol. The molecule has 6 heteroatoms. The Morgan fingerprint density at radius 2 is 1.69 bits per heavy atom. The minimum atomic E-state index is -0.621. The summed E-state index contributed by atoms with van der Waals surface area (Å²) < 4.78 is 0. The van der Waals surface area contributed by atoms with Crippen molar-refractivity contribution in [1.82, 2.24) is 10.2 Å². The van der Waals surface area contributed by atoms with Crippen LogP contribution in [-0.4, -0.2) is 28.8 Å². The summed E-state index contributed by atoms with van der Waals surface area (Å²) in [5, 5.41) is 3.76. The van der Waals surface area contributed by atoms with Crippen molar-refractivity contribution in [1.29, 1.82) is 0 Å². The average Bonchev–Trinajstić information content (AvgIpc) is 2.64. The number of carbonyl (C=O) groups is 2. The highest BCUT2D eigenvalue weighted by Gasteiger charge is 2.27. The predicted octanol–water partition coefficient (Wildman–Crippen LogP) is 5.09. The second-order valence-corrected chi connectivity index (χ2v) is 8.53. The van der Waals surface area contributed by atoms with Crippen molar-refractivity contribution in [2.45, 2.75) is 59.7 Å². The second-order valence-electron chi connectivity index (χ2n) is 7.72. The van der Waals surface area contributed by atoms with E-state index < -0.39 is 6.04 Å². The van der Waals surface area contributed by atoms with Crippen LogP contribution in [0.25, 0.3) is 0 Å². The Morgan fingerprint density at radius 1 is 1.00 bits per heavy atom. The number of rotatable bonds is 7. The summed E-state index contributed by atoms with van der Waals surface area (Å²) in [6.07, 6.45) is 0.230. The molecule has 29 heavy (non-hydrogen) atoms. The molecule has 156 valence electrons. The highest BCUT2D eigenvalue weighted by molar-refractivity contribution is 6.42. The molecule has 2 aromatic carbocycles. The number of hydrogen-bond acceptors (Lipinski definition) is 2. The number of amides is 2. The van der Waals surface area contributed by atoms with Crippen molar-refractivity contribution in [3.8, 4) is 0 Å². The van der Waals surface area contributed by atoms with Gasteiger partial charge in [-0.15, -0.1) is 0 Å². The first kappa shape index (κ1) is 23.2. The molecule has 1 N–H and O–H groups in total. The van der Waals surface area contributed by atoms with Crippen LogP contribution in [0.5, 0.6) is 0 Å². The van der Waals surface area contributed by atoms with Gasteiger partial charge in [0.1, 0.15) is 6.04 Å². The van der Waals surface area contributed by atoms with Crippen LogP contribution in [0.15, 0.2) is 36.4 Å². The molecule has 0 fully saturated rings. The van der Waals surface area contributed by atoms with E-state index in [2.05, 4.69) is 5.32 Å². The van der Waals surface area contributed by atoms with E-state index in [0.717, 1.165) is 22.3 Å². The number of hydrogen-bond donors (Lipinski definition) is 1. The Bertz CT molecular complexity index is 896. The third kappa shape index (κ3) is 6.48. The van der Waals surface area contributed by atoms with E-state index in [-0.39, 0.29) is 30.8 Å². The molecular formula is C23H28Cl2N2O2. The Morgan fingerprint density at radius 3 is 2.31 bits per heavy atom. The van der Waals surface area contributed by atoms with Crippen molar-refractivity contribution in [3.63, 3.8) is 0 Å². The molecule has 0 aliphatic heterocycles. The minimum absolute atomic E-state index is 0.00843. The lowest BCUT2D eigenvalue weighted by Crippen LogP contribution is -2.49. The number of halogens is 2. The van der Waals surface area contributed by atoms with E-state index >= 15 is 0 Å². The van der Waals surface area contributed by atoms with Crippen LogP contribution in [0, 0.1) is 13.8 Å². The normalized spacial score (nSPS) is 12.0. The lowest BCUT2D eigenvalue weighted by molar-refractivity contribution is -0.140. The standard InChI is InChI=1S/C23H28Cl2N2O2/c1-14(2)26-23(29)17(5)27(13-18-8-9-20(24)21(25)11-18)22(28)12-19-10-15(3)6-7-16(19)4/h6-11,14,17H,12-13H2,1-5H3,(H,26,29)/t17-/m0/s1. The molecule has 2 amide bonds. The summed E-state index contributed by atoms with van der Waals surface area (Å²) in [6, 6.07) is 10.7. The van der Waals surface area contributed by atoms with Gasteiger partial charge in [-0.25, -0.2) is 0 Å². The molecule has 0 saturated carbocycles. The minimum Gasteiger partial charge on any atom is -0.352 e. The highest BCUT2D eigenvalue weighted by atomic mass is 35.5. The quantitative estimate of drug-likeness (QED) is 0.658. The maximum atomic E-state index is 13.3. The van der Waals surface area contributed by atoms with Gasteiger partial charge in [0.05, 0.1) is 16.5 Å². The van der Waals surface area contributed by atoms with Crippen LogP contribution in [0.2, 0.25) is 10.0 Å². The lowest BCUT2D eigenvalue weighted by Gasteiger charge is -2.30. The highest BCUT2D eigenvalue weighted by Crippen LogP contribution is 2.24. The van der Waals surface area contributed by atoms with E-state index in [0.29, 0.717) is 10.0 Å². The van der Waals surface area contributed by atoms with Gasteiger partial charge in [-0.2, -0.15) is 0 Å². The van der Waals surface area contributed by atoms with Gasteiger partial charge < -0.3 is 10.2 Å². The zero-order valence-electron chi connectivity index (χ0n) is 17.6. The van der Waals surface area contributed by atoms with Crippen molar-refractivity contribution < 1.29 is 9.59 Å². The van der Waals surface area contributed by atoms with E-state index in [1.807, 2.05) is 52.0 Å². The molecule has 1 atom stereocenters. The van der Waals surface area contributed by atoms with Gasteiger partial charge in [0.15, 0.2) is 0 Å². The van der Waals surface area contributed by atoms with Gasteiger partial charge >= 0.3 is 0 Å². The van der Waals surface area contributed by atoms with Crippen LogP contribution in [0.3, 0.4) is 0 Å². The predicted molar refractivity (Wildman–Crippen MR) is 119 cm³/mol. The van der Waals surface area contributed by atoms with E-state index in [1.165, 1.54) is 0 Å². The zero-order chi connectivity index (χ0) is 21.7. The molecule has 0 aliphatic carbocycles. The van der Waals surface area contributed by atoms with Gasteiger partial charge in [0.2, 0.25) is 11.8 Å². The van der Waals surface area contributed by atoms with Crippen LogP contribution in [-0.2, 0) is 22.6 Å². The van der Waals surface area contributed by atoms with Crippen LogP contribution >= 0.6 is 23.2 Å². The summed E-state index contributed by atoms with van der Waals surface area (Å²) in [4.78, 5) is 27.5. The Labute approximate surface area is 183 Å². The first-order valence-corrected chi connectivity index (χ1v) is 10.4. The fourth-order valence-corrected chi connectivity index (χ4v) is 3.40. The number of benzene rings is 2. The summed E-state index contributed by atoms with van der Waals surface area (Å²) in [7, 11) is 0. The SMILES string of the molecule is Cc1ccc(C)c(CC(=O)N(Cc2ccc(Cl)c(Cl)c2)[C@@H](C)C(=O)NC(C)C)c1. The molecule has 2 aromatic rings. The second kappa shape index (κ2) is 10.1. The molecule has 0 radical (unpaired) electrons. The maximum Gasteiger partial charge on any atom is 0.242 e. The van der Waals surface area contributed by atoms with Crippen molar-refractivity contribution in [3.05, 3.63) is 68.7 Å². The number of nitrogens with zero attached hydrogens (tertiary/aromatic N) is 1. The van der Waals surface area contributed by atoms with Gasteiger partial charge in [0, 0.05) is 12.6 Å². The first-order valence-electron chi connectivity index (χ1n) is 9.68. The molecule has 0 spiro atoms. The van der Waals surface area contributed by atoms with E-state index in [9.17, 15) is 9.59 Å². The third-order valence-corrected chi connectivity index (χ3v) is 5.52. The number of aryl methyl sites for hydroxylation is 2. The fourth-order valence-electron chi connectivity index (χ4n) is 3.08. The maximum absolute atomic E-state index is 13.3. The number of carbonyl (C=O) groups excluding carboxylic acids is 2. The molecule has 0 unspecified atom stereocenters. The Balaban J connectivity index is 2.31. The Hall–Kier alpha value is -2.04. The molecule has 0 aromatic heterocycles. The van der Waals surface area contributed by atoms with Gasteiger partial charge in [-0.05, 0) is 63.4 Å². The smallest absolute Gasteiger partial charge is 0.242 e. The Kier molecular flexibility index (Phi) is 8.12. The summed E-state index contributed by atoms with van der Waals surface area (Å²) >= 11 is 12.2. The van der Waals surface area contributed by atoms with Crippen LogP contribution in [0.1, 0.15) is 43.0 Å². The molecule has 0 saturated heterocycles. The van der Waals surface area contributed by atoms with Gasteiger partial charge in [0.25, 0.3) is 0 Å². The van der Waals surface area contributed by atoms with Gasteiger partial charge in [-0.1, -0.05) is 53.0 Å². The lowest BCUT2D eigenvalue weighted by atomic mass is 10.0. The van der Waals surface area contributed by atoms with E-state index in [1.54, 1.807) is 24.0 Å². The monoisotopic (exact) mass is 434 g/mol. The molecule has 4 nitrogen and oxygen atoms in total. The largest absolute Gasteiger partial charge is 0.352 e. The van der Waals surface area contributed by atoms with Crippen LogP contribution in [0.4, 0.5) is 0 Å². The van der Waals surface area contributed by atoms with Crippen molar-refractivity contribution in [2.75, 3.05) is 0 Å². The molecule has 0 heterocycles.